The molecule has 0 aromatic carbocycles. The summed E-state index contributed by atoms with van der Waals surface area (Å²) in [5.41, 5.74) is 4.07. The Morgan fingerprint density at radius 3 is 2.79 bits per heavy atom. The largest absolute Gasteiger partial charge is 0.393 e. The van der Waals surface area contributed by atoms with Crippen molar-refractivity contribution in [1.82, 2.24) is 5.32 Å². The highest BCUT2D eigenvalue weighted by molar-refractivity contribution is 5.81. The standard InChI is InChI=1S/C9H16N2O3/c1-3-4-7(10)8(13)11-5-9(2,14)6-12/h1,7,12,14H,4-6,10H2,2H3,(H,11,13). The molecule has 2 unspecified atom stereocenters. The molecular weight excluding hydrogens is 184 g/mol. The van der Waals surface area contributed by atoms with Gasteiger partial charge in [0.15, 0.2) is 0 Å². The van der Waals surface area contributed by atoms with Crippen molar-refractivity contribution in [3.63, 3.8) is 0 Å². The summed E-state index contributed by atoms with van der Waals surface area (Å²) >= 11 is 0. The van der Waals surface area contributed by atoms with Gasteiger partial charge in [0.2, 0.25) is 5.91 Å². The van der Waals surface area contributed by atoms with Crippen LogP contribution in [0.2, 0.25) is 0 Å². The summed E-state index contributed by atoms with van der Waals surface area (Å²) in [6.07, 6.45) is 5.12. The lowest BCUT2D eigenvalue weighted by Crippen LogP contribution is -2.48. The van der Waals surface area contributed by atoms with E-state index in [1.54, 1.807) is 0 Å². The van der Waals surface area contributed by atoms with Gasteiger partial charge in [-0.2, -0.15) is 0 Å². The molecule has 0 fully saturated rings. The Kier molecular flexibility index (Phi) is 5.16. The van der Waals surface area contributed by atoms with Gasteiger partial charge in [-0.3, -0.25) is 4.79 Å². The zero-order valence-corrected chi connectivity index (χ0v) is 8.16. The summed E-state index contributed by atoms with van der Waals surface area (Å²) in [7, 11) is 0. The predicted octanol–water partition coefficient (Wildman–Crippen LogP) is -1.80. The van der Waals surface area contributed by atoms with E-state index >= 15 is 0 Å². The van der Waals surface area contributed by atoms with Crippen molar-refractivity contribution in [2.75, 3.05) is 13.2 Å². The van der Waals surface area contributed by atoms with E-state index in [0.717, 1.165) is 0 Å². The summed E-state index contributed by atoms with van der Waals surface area (Å²) in [5.74, 6) is 1.83. The topological polar surface area (TPSA) is 95.6 Å². The van der Waals surface area contributed by atoms with Crippen LogP contribution in [0.25, 0.3) is 0 Å². The number of amides is 1. The Balaban J connectivity index is 3.92. The molecule has 0 spiro atoms. The Hall–Kier alpha value is -1.09. The second kappa shape index (κ2) is 5.60. The number of rotatable bonds is 5. The molecule has 80 valence electrons. The number of aliphatic hydroxyl groups is 2. The van der Waals surface area contributed by atoms with E-state index in [1.165, 1.54) is 6.92 Å². The van der Waals surface area contributed by atoms with Crippen LogP contribution in [0.4, 0.5) is 0 Å². The maximum absolute atomic E-state index is 11.2. The van der Waals surface area contributed by atoms with Crippen molar-refractivity contribution in [2.24, 2.45) is 5.73 Å². The third-order valence-electron chi connectivity index (χ3n) is 1.66. The molecular formula is C9H16N2O3. The first-order chi connectivity index (χ1) is 6.43. The smallest absolute Gasteiger partial charge is 0.238 e. The second-order valence-electron chi connectivity index (χ2n) is 3.39. The van der Waals surface area contributed by atoms with Crippen LogP contribution >= 0.6 is 0 Å². The summed E-state index contributed by atoms with van der Waals surface area (Å²) in [6.45, 7) is 0.915. The van der Waals surface area contributed by atoms with Gasteiger partial charge < -0.3 is 21.3 Å². The third kappa shape index (κ3) is 4.82. The fourth-order valence-corrected chi connectivity index (χ4v) is 0.684. The van der Waals surface area contributed by atoms with Crippen molar-refractivity contribution < 1.29 is 15.0 Å². The molecule has 0 aliphatic heterocycles. The Bertz CT molecular complexity index is 233. The van der Waals surface area contributed by atoms with Gasteiger partial charge in [-0.05, 0) is 6.92 Å². The molecule has 0 saturated heterocycles. The SMILES string of the molecule is C#CCC(N)C(=O)NCC(C)(O)CO. The summed E-state index contributed by atoms with van der Waals surface area (Å²) in [6, 6.07) is -0.769. The molecule has 0 bridgehead atoms. The minimum atomic E-state index is -1.33. The van der Waals surface area contributed by atoms with Crippen molar-refractivity contribution in [1.29, 1.82) is 0 Å². The first-order valence-corrected chi connectivity index (χ1v) is 4.23. The molecule has 5 nitrogen and oxygen atoms in total. The highest BCUT2D eigenvalue weighted by Crippen LogP contribution is 1.98. The summed E-state index contributed by atoms with van der Waals surface area (Å²) in [4.78, 5) is 11.2. The predicted molar refractivity (Wildman–Crippen MR) is 52.1 cm³/mol. The van der Waals surface area contributed by atoms with Gasteiger partial charge in [-0.25, -0.2) is 0 Å². The van der Waals surface area contributed by atoms with Gasteiger partial charge in [0.05, 0.1) is 12.6 Å². The van der Waals surface area contributed by atoms with Gasteiger partial charge in [0.25, 0.3) is 0 Å². The lowest BCUT2D eigenvalue weighted by atomic mass is 10.1. The van der Waals surface area contributed by atoms with Crippen LogP contribution in [0.5, 0.6) is 0 Å². The fourth-order valence-electron chi connectivity index (χ4n) is 0.684. The molecule has 0 radical (unpaired) electrons. The average Bonchev–Trinajstić information content (AvgIpc) is 2.15. The van der Waals surface area contributed by atoms with Gasteiger partial charge in [-0.15, -0.1) is 12.3 Å². The van der Waals surface area contributed by atoms with E-state index in [4.69, 9.17) is 17.3 Å². The second-order valence-corrected chi connectivity index (χ2v) is 3.39. The van der Waals surface area contributed by atoms with E-state index in [2.05, 4.69) is 11.2 Å². The molecule has 5 heteroatoms. The number of hydrogen-bond acceptors (Lipinski definition) is 4. The van der Waals surface area contributed by atoms with Crippen molar-refractivity contribution in [3.05, 3.63) is 0 Å². The van der Waals surface area contributed by atoms with Crippen LogP contribution in [-0.2, 0) is 4.79 Å². The quantitative estimate of drug-likeness (QED) is 0.394. The van der Waals surface area contributed by atoms with E-state index in [1.807, 2.05) is 0 Å². The Morgan fingerprint density at radius 2 is 2.36 bits per heavy atom. The molecule has 0 rings (SSSR count). The molecule has 0 aromatic heterocycles. The van der Waals surface area contributed by atoms with Crippen LogP contribution in [0, 0.1) is 12.3 Å². The molecule has 0 aliphatic carbocycles. The van der Waals surface area contributed by atoms with E-state index in [0.29, 0.717) is 0 Å². The van der Waals surface area contributed by atoms with Crippen molar-refractivity contribution in [3.8, 4) is 12.3 Å². The summed E-state index contributed by atoms with van der Waals surface area (Å²) < 4.78 is 0. The third-order valence-corrected chi connectivity index (χ3v) is 1.66. The molecule has 0 aromatic rings. The maximum Gasteiger partial charge on any atom is 0.238 e. The molecule has 0 aliphatic rings. The average molecular weight is 200 g/mol. The van der Waals surface area contributed by atoms with E-state index in [-0.39, 0.29) is 13.0 Å². The first kappa shape index (κ1) is 12.9. The Labute approximate surface area is 83.3 Å². The van der Waals surface area contributed by atoms with Crippen LogP contribution in [0.15, 0.2) is 0 Å². The van der Waals surface area contributed by atoms with Crippen LogP contribution in [-0.4, -0.2) is 40.9 Å². The van der Waals surface area contributed by atoms with Crippen LogP contribution in [0.3, 0.4) is 0 Å². The number of terminal acetylenes is 1. The van der Waals surface area contributed by atoms with Gasteiger partial charge in [-0.1, -0.05) is 0 Å². The van der Waals surface area contributed by atoms with Gasteiger partial charge >= 0.3 is 0 Å². The van der Waals surface area contributed by atoms with Gasteiger partial charge in [0.1, 0.15) is 5.60 Å². The molecule has 0 saturated carbocycles. The monoisotopic (exact) mass is 200 g/mol. The number of hydrogen-bond donors (Lipinski definition) is 4. The number of nitrogens with two attached hydrogens (primary N) is 1. The van der Waals surface area contributed by atoms with Crippen molar-refractivity contribution in [2.45, 2.75) is 25.0 Å². The van der Waals surface area contributed by atoms with E-state index < -0.39 is 24.2 Å². The lowest BCUT2D eigenvalue weighted by Gasteiger charge is -2.21. The van der Waals surface area contributed by atoms with Crippen LogP contribution < -0.4 is 11.1 Å². The number of aliphatic hydroxyl groups excluding tert-OH is 1. The number of carbonyl (C=O) groups is 1. The molecule has 1 amide bonds. The Morgan fingerprint density at radius 1 is 1.79 bits per heavy atom. The summed E-state index contributed by atoms with van der Waals surface area (Å²) in [5, 5.41) is 20.4. The van der Waals surface area contributed by atoms with Crippen molar-refractivity contribution >= 4 is 5.91 Å². The molecule has 14 heavy (non-hydrogen) atoms. The fraction of sp³-hybridized carbons (Fsp3) is 0.667. The maximum atomic E-state index is 11.2. The zero-order valence-electron chi connectivity index (χ0n) is 8.16. The number of nitrogens with one attached hydrogen (secondary N) is 1. The highest BCUT2D eigenvalue weighted by Gasteiger charge is 2.21. The minimum Gasteiger partial charge on any atom is -0.393 e. The molecule has 2 atom stereocenters. The first-order valence-electron chi connectivity index (χ1n) is 4.23. The van der Waals surface area contributed by atoms with Crippen LogP contribution in [0.1, 0.15) is 13.3 Å². The normalized spacial score (nSPS) is 16.5. The van der Waals surface area contributed by atoms with E-state index in [9.17, 15) is 9.90 Å². The zero-order chi connectivity index (χ0) is 11.2. The highest BCUT2D eigenvalue weighted by atomic mass is 16.3. The molecule has 0 heterocycles. The molecule has 5 N–H and O–H groups in total. The minimum absolute atomic E-state index is 0.0550. The number of carbonyl (C=O) groups excluding carboxylic acids is 1. The lowest BCUT2D eigenvalue weighted by molar-refractivity contribution is -0.123. The van der Waals surface area contributed by atoms with Gasteiger partial charge in [0, 0.05) is 13.0 Å².